The summed E-state index contributed by atoms with van der Waals surface area (Å²) < 4.78 is 0. The number of hydrogen-bond acceptors (Lipinski definition) is 1. The van der Waals surface area contributed by atoms with Crippen molar-refractivity contribution in [3.8, 4) is 0 Å². The molecule has 0 saturated carbocycles. The molecule has 0 aromatic rings. The van der Waals surface area contributed by atoms with Crippen molar-refractivity contribution in [2.24, 2.45) is 5.41 Å². The van der Waals surface area contributed by atoms with Crippen LogP contribution in [0, 0.1) is 5.41 Å². The van der Waals surface area contributed by atoms with Crippen LogP contribution in [0.1, 0.15) is 66.2 Å². The molecule has 1 heteroatoms. The van der Waals surface area contributed by atoms with Gasteiger partial charge < -0.3 is 5.32 Å². The molecule has 1 N–H and O–H groups in total. The highest BCUT2D eigenvalue weighted by molar-refractivity contribution is 4.74. The van der Waals surface area contributed by atoms with E-state index in [1.165, 1.54) is 38.5 Å². The molecule has 0 heterocycles. The Hall–Kier alpha value is -0.0400. The van der Waals surface area contributed by atoms with Gasteiger partial charge in [0, 0.05) is 6.04 Å². The van der Waals surface area contributed by atoms with Crippen molar-refractivity contribution < 1.29 is 0 Å². The van der Waals surface area contributed by atoms with E-state index in [2.05, 4.69) is 40.1 Å². The molecule has 1 nitrogen and oxygen atoms in total. The predicted molar refractivity (Wildman–Crippen MR) is 65.7 cm³/mol. The van der Waals surface area contributed by atoms with Gasteiger partial charge in [-0.25, -0.2) is 0 Å². The average molecular weight is 199 g/mol. The van der Waals surface area contributed by atoms with Crippen LogP contribution in [0.25, 0.3) is 0 Å². The first-order chi connectivity index (χ1) is 6.52. The fourth-order valence-electron chi connectivity index (χ4n) is 2.06. The number of rotatable bonds is 8. The van der Waals surface area contributed by atoms with Gasteiger partial charge in [-0.15, -0.1) is 0 Å². The van der Waals surface area contributed by atoms with Crippen LogP contribution in [-0.2, 0) is 0 Å². The van der Waals surface area contributed by atoms with Crippen LogP contribution in [0.4, 0.5) is 0 Å². The molecule has 0 fully saturated rings. The molecule has 86 valence electrons. The maximum absolute atomic E-state index is 3.32. The standard InChI is InChI=1S/C13H29N/c1-6-7-8-9-10-13(3,4)11-12(2)14-5/h12,14H,6-11H2,1-5H3. The maximum Gasteiger partial charge on any atom is 0.00408 e. The summed E-state index contributed by atoms with van der Waals surface area (Å²) in [5.74, 6) is 0. The monoisotopic (exact) mass is 199 g/mol. The normalized spacial score (nSPS) is 14.4. The fourth-order valence-corrected chi connectivity index (χ4v) is 2.06. The second-order valence-electron chi connectivity index (χ2n) is 5.37. The smallest absolute Gasteiger partial charge is 0.00408 e. The van der Waals surface area contributed by atoms with Gasteiger partial charge in [0.1, 0.15) is 0 Å². The Morgan fingerprint density at radius 1 is 1.14 bits per heavy atom. The zero-order valence-electron chi connectivity index (χ0n) is 10.8. The first-order valence-corrected chi connectivity index (χ1v) is 6.19. The molecule has 0 aliphatic carbocycles. The lowest BCUT2D eigenvalue weighted by molar-refractivity contribution is 0.264. The van der Waals surface area contributed by atoms with Crippen molar-refractivity contribution in [1.29, 1.82) is 0 Å². The van der Waals surface area contributed by atoms with Crippen LogP contribution in [0.5, 0.6) is 0 Å². The Morgan fingerprint density at radius 2 is 1.79 bits per heavy atom. The van der Waals surface area contributed by atoms with Gasteiger partial charge in [-0.3, -0.25) is 0 Å². The quantitative estimate of drug-likeness (QED) is 0.583. The summed E-state index contributed by atoms with van der Waals surface area (Å²) in [6.07, 6.45) is 8.21. The molecule has 0 saturated heterocycles. The van der Waals surface area contributed by atoms with Gasteiger partial charge >= 0.3 is 0 Å². The molecular formula is C13H29N. The maximum atomic E-state index is 3.32. The molecule has 0 radical (unpaired) electrons. The molecule has 1 atom stereocenters. The Morgan fingerprint density at radius 3 is 2.29 bits per heavy atom. The zero-order valence-corrected chi connectivity index (χ0v) is 10.8. The van der Waals surface area contributed by atoms with Gasteiger partial charge in [-0.1, -0.05) is 46.5 Å². The van der Waals surface area contributed by atoms with E-state index in [0.29, 0.717) is 11.5 Å². The van der Waals surface area contributed by atoms with Crippen molar-refractivity contribution in [2.45, 2.75) is 72.3 Å². The molecule has 14 heavy (non-hydrogen) atoms. The molecule has 0 aliphatic rings. The highest BCUT2D eigenvalue weighted by atomic mass is 14.9. The lowest BCUT2D eigenvalue weighted by Gasteiger charge is -2.28. The Balaban J connectivity index is 3.60. The van der Waals surface area contributed by atoms with E-state index in [1.54, 1.807) is 0 Å². The van der Waals surface area contributed by atoms with E-state index in [-0.39, 0.29) is 0 Å². The largest absolute Gasteiger partial charge is 0.317 e. The second kappa shape index (κ2) is 7.28. The lowest BCUT2D eigenvalue weighted by Crippen LogP contribution is -2.28. The van der Waals surface area contributed by atoms with E-state index in [1.807, 2.05) is 0 Å². The zero-order chi connectivity index (χ0) is 11.0. The second-order valence-corrected chi connectivity index (χ2v) is 5.37. The van der Waals surface area contributed by atoms with Crippen molar-refractivity contribution in [3.63, 3.8) is 0 Å². The SMILES string of the molecule is CCCCCCC(C)(C)CC(C)NC. The summed E-state index contributed by atoms with van der Waals surface area (Å²) in [5.41, 5.74) is 0.510. The minimum atomic E-state index is 0.510. The fraction of sp³-hybridized carbons (Fsp3) is 1.00. The summed E-state index contributed by atoms with van der Waals surface area (Å²) in [6.45, 7) is 9.33. The molecule has 0 spiro atoms. The van der Waals surface area contributed by atoms with Gasteiger partial charge in [0.2, 0.25) is 0 Å². The minimum Gasteiger partial charge on any atom is -0.317 e. The van der Waals surface area contributed by atoms with Crippen molar-refractivity contribution >= 4 is 0 Å². The molecule has 0 amide bonds. The van der Waals surface area contributed by atoms with Gasteiger partial charge in [-0.05, 0) is 32.2 Å². The van der Waals surface area contributed by atoms with Gasteiger partial charge in [0.25, 0.3) is 0 Å². The Bertz CT molecular complexity index is 129. The van der Waals surface area contributed by atoms with Gasteiger partial charge in [0.15, 0.2) is 0 Å². The lowest BCUT2D eigenvalue weighted by atomic mass is 9.81. The molecular weight excluding hydrogens is 170 g/mol. The minimum absolute atomic E-state index is 0.510. The van der Waals surface area contributed by atoms with Gasteiger partial charge in [-0.2, -0.15) is 0 Å². The summed E-state index contributed by atoms with van der Waals surface area (Å²) in [7, 11) is 2.05. The predicted octanol–water partition coefficient (Wildman–Crippen LogP) is 3.98. The summed E-state index contributed by atoms with van der Waals surface area (Å²) in [6, 6.07) is 0.649. The third kappa shape index (κ3) is 7.37. The third-order valence-corrected chi connectivity index (χ3v) is 3.06. The highest BCUT2D eigenvalue weighted by Gasteiger charge is 2.19. The highest BCUT2D eigenvalue weighted by Crippen LogP contribution is 2.29. The van der Waals surface area contributed by atoms with Crippen molar-refractivity contribution in [1.82, 2.24) is 5.32 Å². The topological polar surface area (TPSA) is 12.0 Å². The summed E-state index contributed by atoms with van der Waals surface area (Å²) >= 11 is 0. The van der Waals surface area contributed by atoms with E-state index >= 15 is 0 Å². The Labute approximate surface area is 90.7 Å². The average Bonchev–Trinajstić information content (AvgIpc) is 2.12. The van der Waals surface area contributed by atoms with Crippen LogP contribution in [0.2, 0.25) is 0 Å². The van der Waals surface area contributed by atoms with Crippen LogP contribution >= 0.6 is 0 Å². The third-order valence-electron chi connectivity index (χ3n) is 3.06. The number of unbranched alkanes of at least 4 members (excludes halogenated alkanes) is 3. The van der Waals surface area contributed by atoms with Crippen LogP contribution < -0.4 is 5.32 Å². The van der Waals surface area contributed by atoms with E-state index < -0.39 is 0 Å². The first-order valence-electron chi connectivity index (χ1n) is 6.19. The van der Waals surface area contributed by atoms with E-state index in [9.17, 15) is 0 Å². The summed E-state index contributed by atoms with van der Waals surface area (Å²) in [5, 5.41) is 3.32. The molecule has 0 aliphatic heterocycles. The molecule has 0 rings (SSSR count). The summed E-state index contributed by atoms with van der Waals surface area (Å²) in [4.78, 5) is 0. The molecule has 0 bridgehead atoms. The van der Waals surface area contributed by atoms with Crippen LogP contribution in [0.3, 0.4) is 0 Å². The van der Waals surface area contributed by atoms with Crippen LogP contribution in [-0.4, -0.2) is 13.1 Å². The van der Waals surface area contributed by atoms with Crippen molar-refractivity contribution in [3.05, 3.63) is 0 Å². The number of hydrogen-bond donors (Lipinski definition) is 1. The first kappa shape index (κ1) is 14.0. The molecule has 1 unspecified atom stereocenters. The molecule has 0 aromatic carbocycles. The van der Waals surface area contributed by atoms with Crippen molar-refractivity contribution in [2.75, 3.05) is 7.05 Å². The Kier molecular flexibility index (Phi) is 7.26. The van der Waals surface area contributed by atoms with Gasteiger partial charge in [0.05, 0.1) is 0 Å². The van der Waals surface area contributed by atoms with E-state index in [4.69, 9.17) is 0 Å². The number of nitrogens with one attached hydrogen (secondary N) is 1. The van der Waals surface area contributed by atoms with E-state index in [0.717, 1.165) is 0 Å². The van der Waals surface area contributed by atoms with Crippen LogP contribution in [0.15, 0.2) is 0 Å². The molecule has 0 aromatic heterocycles.